The molecule has 5 heterocycles. The van der Waals surface area contributed by atoms with E-state index < -0.39 is 5.60 Å². The number of aryl methyl sites for hydroxylation is 1. The second kappa shape index (κ2) is 10.8. The summed E-state index contributed by atoms with van der Waals surface area (Å²) in [7, 11) is 2.22. The van der Waals surface area contributed by atoms with Gasteiger partial charge in [0.15, 0.2) is 0 Å². The molecular weight excluding hydrogens is 502 g/mol. The summed E-state index contributed by atoms with van der Waals surface area (Å²) in [5.74, 6) is 0. The molecule has 8 nitrogen and oxygen atoms in total. The van der Waals surface area contributed by atoms with Crippen molar-refractivity contribution in [3.05, 3.63) is 52.8 Å². The molecule has 3 aliphatic heterocycles. The Kier molecular flexibility index (Phi) is 7.36. The number of H-pyrrole nitrogens is 1. The minimum absolute atomic E-state index is 0.194. The second-order valence-electron chi connectivity index (χ2n) is 12.8. The molecule has 3 aromatic rings. The molecule has 0 aliphatic carbocycles. The van der Waals surface area contributed by atoms with Crippen LogP contribution in [0.1, 0.15) is 61.9 Å². The first-order chi connectivity index (χ1) is 19.2. The number of carbonyl (C=O) groups excluding carboxylic acids is 1. The van der Waals surface area contributed by atoms with Crippen molar-refractivity contribution in [2.75, 3.05) is 46.4 Å². The van der Waals surface area contributed by atoms with E-state index in [1.807, 2.05) is 38.1 Å². The molecule has 6 rings (SSSR count). The molecule has 0 radical (unpaired) electrons. The summed E-state index contributed by atoms with van der Waals surface area (Å²) >= 11 is 0. The predicted octanol–water partition coefficient (Wildman–Crippen LogP) is 5.30. The van der Waals surface area contributed by atoms with E-state index in [9.17, 15) is 4.79 Å². The fourth-order valence-electron chi connectivity index (χ4n) is 6.55. The number of ether oxygens (including phenoxy) is 2. The average Bonchev–Trinajstić information content (AvgIpc) is 3.31. The number of carbonyl (C=O) groups is 1. The van der Waals surface area contributed by atoms with Gasteiger partial charge in [0.25, 0.3) is 0 Å². The van der Waals surface area contributed by atoms with Gasteiger partial charge in [0.2, 0.25) is 0 Å². The minimum Gasteiger partial charge on any atom is -0.444 e. The molecule has 1 N–H and O–H groups in total. The lowest BCUT2D eigenvalue weighted by atomic mass is 9.86. The Morgan fingerprint density at radius 3 is 2.67 bits per heavy atom. The number of rotatable bonds is 3. The number of morpholine rings is 1. The smallest absolute Gasteiger partial charge is 0.410 e. The van der Waals surface area contributed by atoms with E-state index in [2.05, 4.69) is 47.0 Å². The highest BCUT2D eigenvalue weighted by Crippen LogP contribution is 2.38. The number of hydrogen-bond donors (Lipinski definition) is 1. The number of pyridine rings is 1. The van der Waals surface area contributed by atoms with Gasteiger partial charge in [-0.3, -0.25) is 9.80 Å². The van der Waals surface area contributed by atoms with Crippen LogP contribution in [0.5, 0.6) is 0 Å². The molecule has 2 saturated heterocycles. The van der Waals surface area contributed by atoms with Crippen LogP contribution in [0.3, 0.4) is 0 Å². The summed E-state index contributed by atoms with van der Waals surface area (Å²) in [6, 6.07) is 7.29. The van der Waals surface area contributed by atoms with Crippen LogP contribution < -0.4 is 0 Å². The summed E-state index contributed by atoms with van der Waals surface area (Å²) in [4.78, 5) is 28.4. The summed E-state index contributed by atoms with van der Waals surface area (Å²) in [5.41, 5.74) is 7.69. The molecule has 2 aromatic heterocycles. The third-order valence-corrected chi connectivity index (χ3v) is 8.80. The average molecular weight is 546 g/mol. The third kappa shape index (κ3) is 5.49. The molecule has 214 valence electrons. The molecule has 0 spiro atoms. The normalized spacial score (nSPS) is 21.5. The Labute approximate surface area is 237 Å². The molecule has 40 heavy (non-hydrogen) atoms. The lowest BCUT2D eigenvalue weighted by molar-refractivity contribution is -0.0335. The van der Waals surface area contributed by atoms with Gasteiger partial charge < -0.3 is 19.4 Å². The van der Waals surface area contributed by atoms with Gasteiger partial charge in [0.05, 0.1) is 19.3 Å². The number of aromatic amines is 1. The first-order valence-corrected chi connectivity index (χ1v) is 14.8. The number of nitrogens with zero attached hydrogens (tertiary/aromatic N) is 4. The van der Waals surface area contributed by atoms with Gasteiger partial charge in [-0.1, -0.05) is 6.07 Å². The Morgan fingerprint density at radius 2 is 1.90 bits per heavy atom. The lowest BCUT2D eigenvalue weighted by Crippen LogP contribution is -2.48. The topological polar surface area (TPSA) is 73.9 Å². The van der Waals surface area contributed by atoms with Gasteiger partial charge in [-0.05, 0) is 107 Å². The number of aromatic nitrogens is 2. The van der Waals surface area contributed by atoms with Gasteiger partial charge in [-0.15, -0.1) is 0 Å². The van der Waals surface area contributed by atoms with Crippen molar-refractivity contribution in [2.24, 2.45) is 0 Å². The molecule has 0 saturated carbocycles. The van der Waals surface area contributed by atoms with Crippen molar-refractivity contribution in [1.29, 1.82) is 0 Å². The predicted molar refractivity (Wildman–Crippen MR) is 157 cm³/mol. The van der Waals surface area contributed by atoms with E-state index in [0.29, 0.717) is 25.8 Å². The van der Waals surface area contributed by atoms with Crippen molar-refractivity contribution in [1.82, 2.24) is 24.7 Å². The minimum atomic E-state index is -0.554. The summed E-state index contributed by atoms with van der Waals surface area (Å²) in [6.45, 7) is 13.7. The summed E-state index contributed by atoms with van der Waals surface area (Å²) in [6.07, 6.45) is 7.11. The van der Waals surface area contributed by atoms with Gasteiger partial charge in [-0.2, -0.15) is 0 Å². The Hall–Kier alpha value is -2.94. The molecule has 0 unspecified atom stereocenters. The zero-order valence-electron chi connectivity index (χ0n) is 24.6. The van der Waals surface area contributed by atoms with E-state index >= 15 is 0 Å². The molecular formula is C32H43N5O3. The molecule has 2 fully saturated rings. The Bertz CT molecular complexity index is 1390. The number of piperidine rings is 1. The van der Waals surface area contributed by atoms with Gasteiger partial charge in [0.1, 0.15) is 11.2 Å². The standard InChI is InChI=1S/C32H43N5O3/c1-21-17-33-30-26(21)16-24(18-34-30)23-14-22-6-11-36(25-7-9-35(5)10-8-25)19-28(22)27(15-23)29-20-39-13-12-37(29)31(38)40-32(2,3)4/h14-18,25,29H,6-13,19-20H2,1-5H3,(H,33,34)/t29-/m0/s1. The largest absolute Gasteiger partial charge is 0.444 e. The highest BCUT2D eigenvalue weighted by atomic mass is 16.6. The number of hydrogen-bond acceptors (Lipinski definition) is 6. The number of nitrogens with one attached hydrogen (secondary N) is 1. The molecule has 1 amide bonds. The lowest BCUT2D eigenvalue weighted by Gasteiger charge is -2.42. The van der Waals surface area contributed by atoms with Gasteiger partial charge >= 0.3 is 6.09 Å². The van der Waals surface area contributed by atoms with Crippen LogP contribution in [-0.4, -0.2) is 88.8 Å². The van der Waals surface area contributed by atoms with Crippen LogP contribution in [0.25, 0.3) is 22.2 Å². The molecule has 0 bridgehead atoms. The Morgan fingerprint density at radius 1 is 1.10 bits per heavy atom. The number of benzene rings is 1. The van der Waals surface area contributed by atoms with E-state index in [0.717, 1.165) is 54.8 Å². The Balaban J connectivity index is 1.41. The van der Waals surface area contributed by atoms with E-state index in [1.165, 1.54) is 35.1 Å². The van der Waals surface area contributed by atoms with Gasteiger partial charge in [0, 0.05) is 49.0 Å². The van der Waals surface area contributed by atoms with Crippen molar-refractivity contribution in [3.63, 3.8) is 0 Å². The van der Waals surface area contributed by atoms with E-state index in [1.54, 1.807) is 0 Å². The maximum atomic E-state index is 13.4. The maximum absolute atomic E-state index is 13.4. The van der Waals surface area contributed by atoms with Crippen molar-refractivity contribution in [3.8, 4) is 11.1 Å². The fraction of sp³-hybridized carbons (Fsp3) is 0.562. The first kappa shape index (κ1) is 27.2. The summed E-state index contributed by atoms with van der Waals surface area (Å²) < 4.78 is 11.9. The zero-order chi connectivity index (χ0) is 28.0. The van der Waals surface area contributed by atoms with Crippen molar-refractivity contribution < 1.29 is 14.3 Å². The molecule has 1 atom stereocenters. The number of likely N-dealkylation sites (tertiary alicyclic amines) is 1. The quantitative estimate of drug-likeness (QED) is 0.482. The van der Waals surface area contributed by atoms with Gasteiger partial charge in [-0.25, -0.2) is 9.78 Å². The monoisotopic (exact) mass is 545 g/mol. The second-order valence-corrected chi connectivity index (χ2v) is 12.8. The first-order valence-electron chi connectivity index (χ1n) is 14.8. The van der Waals surface area contributed by atoms with Crippen molar-refractivity contribution >= 4 is 17.1 Å². The van der Waals surface area contributed by atoms with Crippen LogP contribution in [0.2, 0.25) is 0 Å². The van der Waals surface area contributed by atoms with Crippen LogP contribution in [-0.2, 0) is 22.4 Å². The summed E-state index contributed by atoms with van der Waals surface area (Å²) in [5, 5.41) is 1.14. The highest BCUT2D eigenvalue weighted by Gasteiger charge is 2.36. The zero-order valence-corrected chi connectivity index (χ0v) is 24.6. The van der Waals surface area contributed by atoms with E-state index in [-0.39, 0.29) is 12.1 Å². The fourth-order valence-corrected chi connectivity index (χ4v) is 6.55. The maximum Gasteiger partial charge on any atom is 0.410 e. The van der Waals surface area contributed by atoms with E-state index in [4.69, 9.17) is 14.5 Å². The van der Waals surface area contributed by atoms with Crippen LogP contribution in [0.15, 0.2) is 30.6 Å². The van der Waals surface area contributed by atoms with Crippen molar-refractivity contribution in [2.45, 2.75) is 71.2 Å². The third-order valence-electron chi connectivity index (χ3n) is 8.80. The van der Waals surface area contributed by atoms with Crippen LogP contribution in [0.4, 0.5) is 4.79 Å². The SMILES string of the molecule is Cc1c[nH]c2ncc(-c3cc4c(c([C@@H]5COCCN5C(=O)OC(C)(C)C)c3)CN(C3CCN(C)CC3)CC4)cc12. The number of fused-ring (bicyclic) bond motifs is 2. The molecule has 8 heteroatoms. The van der Waals surface area contributed by atoms with Crippen LogP contribution in [0, 0.1) is 6.92 Å². The molecule has 1 aromatic carbocycles. The molecule has 3 aliphatic rings. The number of amides is 1. The highest BCUT2D eigenvalue weighted by molar-refractivity contribution is 5.84. The van der Waals surface area contributed by atoms with Crippen LogP contribution >= 0.6 is 0 Å².